The van der Waals surface area contributed by atoms with Crippen LogP contribution in [0.5, 0.6) is 5.75 Å². The van der Waals surface area contributed by atoms with Crippen LogP contribution in [0.1, 0.15) is 5.56 Å². The molecule has 0 aliphatic carbocycles. The molecule has 0 aromatic heterocycles. The molecule has 4 heteroatoms. The highest BCUT2D eigenvalue weighted by molar-refractivity contribution is 9.10. The molecule has 1 N–H and O–H groups in total. The molecule has 0 heterocycles. The zero-order chi connectivity index (χ0) is 8.59. The number of aryl methyl sites for hydroxylation is 1. The third kappa shape index (κ3) is 1.35. The van der Waals surface area contributed by atoms with Crippen LogP contribution < -0.4 is 0 Å². The van der Waals surface area contributed by atoms with E-state index < -0.39 is 17.4 Å². The highest BCUT2D eigenvalue weighted by Gasteiger charge is 2.12. The van der Waals surface area contributed by atoms with E-state index in [2.05, 4.69) is 15.9 Å². The van der Waals surface area contributed by atoms with E-state index in [-0.39, 0.29) is 10.0 Å². The minimum atomic E-state index is -0.823. The summed E-state index contributed by atoms with van der Waals surface area (Å²) in [7, 11) is 0. The van der Waals surface area contributed by atoms with Crippen molar-refractivity contribution in [3.05, 3.63) is 27.7 Å². The van der Waals surface area contributed by atoms with Crippen molar-refractivity contribution < 1.29 is 13.9 Å². The van der Waals surface area contributed by atoms with Crippen molar-refractivity contribution in [3.8, 4) is 5.75 Å². The molecule has 0 aliphatic rings. The van der Waals surface area contributed by atoms with E-state index in [0.29, 0.717) is 0 Å². The first kappa shape index (κ1) is 8.46. The molecule has 0 unspecified atom stereocenters. The van der Waals surface area contributed by atoms with Gasteiger partial charge in [0, 0.05) is 0 Å². The molecule has 0 radical (unpaired) electrons. The van der Waals surface area contributed by atoms with E-state index in [1.54, 1.807) is 0 Å². The smallest absolute Gasteiger partial charge is 0.168 e. The monoisotopic (exact) mass is 222 g/mol. The first-order chi connectivity index (χ1) is 5.04. The molecule has 0 saturated heterocycles. The largest absolute Gasteiger partial charge is 0.504 e. The SMILES string of the molecule is Cc1cc(F)c(O)c(Br)c1F. The normalized spacial score (nSPS) is 10.2. The fourth-order valence-electron chi connectivity index (χ4n) is 0.704. The summed E-state index contributed by atoms with van der Waals surface area (Å²) in [5, 5.41) is 8.85. The van der Waals surface area contributed by atoms with Crippen LogP contribution in [0, 0.1) is 18.6 Å². The number of hydrogen-bond donors (Lipinski definition) is 1. The summed E-state index contributed by atoms with van der Waals surface area (Å²) in [4.78, 5) is 0. The maximum Gasteiger partial charge on any atom is 0.168 e. The molecule has 1 aromatic rings. The third-order valence-electron chi connectivity index (χ3n) is 1.32. The predicted molar refractivity (Wildman–Crippen MR) is 40.5 cm³/mol. The summed E-state index contributed by atoms with van der Waals surface area (Å²) in [5.41, 5.74) is 0.159. The van der Waals surface area contributed by atoms with Crippen molar-refractivity contribution in [2.45, 2.75) is 6.92 Å². The van der Waals surface area contributed by atoms with E-state index in [1.165, 1.54) is 6.92 Å². The van der Waals surface area contributed by atoms with Crippen LogP contribution in [0.3, 0.4) is 0 Å². The Hall–Kier alpha value is -0.640. The van der Waals surface area contributed by atoms with E-state index in [9.17, 15) is 8.78 Å². The van der Waals surface area contributed by atoms with Gasteiger partial charge in [-0.15, -0.1) is 0 Å². The summed E-state index contributed by atoms with van der Waals surface area (Å²) in [6.07, 6.45) is 0. The molecule has 0 amide bonds. The fourth-order valence-corrected chi connectivity index (χ4v) is 1.21. The second-order valence-corrected chi connectivity index (χ2v) is 2.94. The zero-order valence-electron chi connectivity index (χ0n) is 5.66. The second kappa shape index (κ2) is 2.77. The molecule has 0 bridgehead atoms. The van der Waals surface area contributed by atoms with Gasteiger partial charge in [-0.1, -0.05) is 0 Å². The standard InChI is InChI=1S/C7H5BrF2O/c1-3-2-4(9)7(11)5(8)6(3)10/h2,11H,1H3. The minimum absolute atomic E-state index is 0.159. The Labute approximate surface area is 70.8 Å². The van der Waals surface area contributed by atoms with Gasteiger partial charge in [0.15, 0.2) is 11.6 Å². The lowest BCUT2D eigenvalue weighted by molar-refractivity contribution is 0.421. The number of hydrogen-bond acceptors (Lipinski definition) is 1. The van der Waals surface area contributed by atoms with E-state index in [4.69, 9.17) is 5.11 Å². The molecule has 60 valence electrons. The van der Waals surface area contributed by atoms with Gasteiger partial charge >= 0.3 is 0 Å². The first-order valence-electron chi connectivity index (χ1n) is 2.87. The Morgan fingerprint density at radius 3 is 2.55 bits per heavy atom. The number of rotatable bonds is 0. The van der Waals surface area contributed by atoms with Crippen molar-refractivity contribution in [3.63, 3.8) is 0 Å². The third-order valence-corrected chi connectivity index (χ3v) is 2.04. The van der Waals surface area contributed by atoms with Crippen LogP contribution in [-0.2, 0) is 0 Å². The molecule has 0 atom stereocenters. The summed E-state index contributed by atoms with van der Waals surface area (Å²) >= 11 is 2.72. The van der Waals surface area contributed by atoms with Crippen LogP contribution in [0.4, 0.5) is 8.78 Å². The lowest BCUT2D eigenvalue weighted by Crippen LogP contribution is -1.88. The molecule has 0 fully saturated rings. The Balaban J connectivity index is 3.46. The van der Waals surface area contributed by atoms with Gasteiger partial charge in [0.1, 0.15) is 5.82 Å². The van der Waals surface area contributed by atoms with Crippen molar-refractivity contribution in [1.82, 2.24) is 0 Å². The Bertz CT molecular complexity index is 273. The number of benzene rings is 1. The topological polar surface area (TPSA) is 20.2 Å². The van der Waals surface area contributed by atoms with Crippen LogP contribution in [-0.4, -0.2) is 5.11 Å². The number of phenolic OH excluding ortho intramolecular Hbond substituents is 1. The van der Waals surface area contributed by atoms with Gasteiger partial charge in [-0.05, 0) is 34.5 Å². The molecule has 1 aromatic carbocycles. The Kier molecular flexibility index (Phi) is 2.13. The molecule has 1 nitrogen and oxygen atoms in total. The first-order valence-corrected chi connectivity index (χ1v) is 3.66. The average molecular weight is 223 g/mol. The van der Waals surface area contributed by atoms with Crippen LogP contribution in [0.15, 0.2) is 10.5 Å². The van der Waals surface area contributed by atoms with Crippen LogP contribution in [0.2, 0.25) is 0 Å². The fraction of sp³-hybridized carbons (Fsp3) is 0.143. The van der Waals surface area contributed by atoms with E-state index >= 15 is 0 Å². The van der Waals surface area contributed by atoms with Crippen molar-refractivity contribution in [1.29, 1.82) is 0 Å². The van der Waals surface area contributed by atoms with Crippen LogP contribution >= 0.6 is 15.9 Å². The van der Waals surface area contributed by atoms with Gasteiger partial charge in [0.2, 0.25) is 0 Å². The van der Waals surface area contributed by atoms with Crippen molar-refractivity contribution in [2.75, 3.05) is 0 Å². The molecule has 1 rings (SSSR count). The van der Waals surface area contributed by atoms with Gasteiger partial charge in [-0.3, -0.25) is 0 Å². The molecule has 0 spiro atoms. The Morgan fingerprint density at radius 2 is 2.00 bits per heavy atom. The minimum Gasteiger partial charge on any atom is -0.504 e. The lowest BCUT2D eigenvalue weighted by atomic mass is 10.2. The van der Waals surface area contributed by atoms with Gasteiger partial charge < -0.3 is 5.11 Å². The maximum absolute atomic E-state index is 12.8. The Morgan fingerprint density at radius 1 is 1.45 bits per heavy atom. The summed E-state index contributed by atoms with van der Waals surface area (Å²) in [6, 6.07) is 0.940. The van der Waals surface area contributed by atoms with E-state index in [0.717, 1.165) is 6.07 Å². The molecule has 0 saturated carbocycles. The highest BCUT2D eigenvalue weighted by Crippen LogP contribution is 2.31. The van der Waals surface area contributed by atoms with Gasteiger partial charge in [-0.25, -0.2) is 8.78 Å². The van der Waals surface area contributed by atoms with Gasteiger partial charge in [0.25, 0.3) is 0 Å². The number of aromatic hydroxyl groups is 1. The van der Waals surface area contributed by atoms with Gasteiger partial charge in [0.05, 0.1) is 4.47 Å². The molecular formula is C7H5BrF2O. The second-order valence-electron chi connectivity index (χ2n) is 2.15. The predicted octanol–water partition coefficient (Wildman–Crippen LogP) is 2.74. The zero-order valence-corrected chi connectivity index (χ0v) is 7.24. The highest BCUT2D eigenvalue weighted by atomic mass is 79.9. The van der Waals surface area contributed by atoms with Crippen LogP contribution in [0.25, 0.3) is 0 Å². The summed E-state index contributed by atoms with van der Waals surface area (Å²) in [5.74, 6) is -2.15. The maximum atomic E-state index is 12.8. The summed E-state index contributed by atoms with van der Waals surface area (Å²) < 4.78 is 25.1. The molecular weight excluding hydrogens is 218 g/mol. The average Bonchev–Trinajstić information content (AvgIpc) is 1.97. The van der Waals surface area contributed by atoms with Crippen molar-refractivity contribution in [2.24, 2.45) is 0 Å². The molecule has 0 aliphatic heterocycles. The number of halogens is 3. The molecule has 11 heavy (non-hydrogen) atoms. The van der Waals surface area contributed by atoms with Crippen molar-refractivity contribution >= 4 is 15.9 Å². The van der Waals surface area contributed by atoms with E-state index in [1.807, 2.05) is 0 Å². The quantitative estimate of drug-likeness (QED) is 0.670. The summed E-state index contributed by atoms with van der Waals surface area (Å²) in [6.45, 7) is 1.42. The number of phenols is 1. The van der Waals surface area contributed by atoms with Gasteiger partial charge in [-0.2, -0.15) is 0 Å². The lowest BCUT2D eigenvalue weighted by Gasteiger charge is -2.02.